The van der Waals surface area contributed by atoms with E-state index in [2.05, 4.69) is 6.58 Å². The second kappa shape index (κ2) is 1.85. The van der Waals surface area contributed by atoms with Crippen molar-refractivity contribution in [2.45, 2.75) is 37.7 Å². The molecule has 2 saturated carbocycles. The van der Waals surface area contributed by atoms with Crippen LogP contribution in [0.3, 0.4) is 0 Å². The molecule has 0 aromatic rings. The lowest BCUT2D eigenvalue weighted by Crippen LogP contribution is -2.27. The van der Waals surface area contributed by atoms with E-state index in [1.54, 1.807) is 0 Å². The molecule has 0 radical (unpaired) electrons. The zero-order valence-electron chi connectivity index (χ0n) is 6.27. The first-order chi connectivity index (χ1) is 4.70. The summed E-state index contributed by atoms with van der Waals surface area (Å²) in [6, 6.07) is 0. The van der Waals surface area contributed by atoms with Crippen molar-refractivity contribution in [3.8, 4) is 0 Å². The highest BCUT2D eigenvalue weighted by Crippen LogP contribution is 2.47. The molecule has 0 aromatic heterocycles. The van der Waals surface area contributed by atoms with Gasteiger partial charge in [-0.05, 0) is 38.0 Å². The maximum Gasteiger partial charge on any atom is 0.0690 e. The molecule has 2 bridgehead atoms. The van der Waals surface area contributed by atoms with Crippen LogP contribution < -0.4 is 0 Å². The van der Waals surface area contributed by atoms with Crippen LogP contribution in [0.15, 0.2) is 12.2 Å². The summed E-state index contributed by atoms with van der Waals surface area (Å²) in [5, 5.41) is 9.83. The van der Waals surface area contributed by atoms with Gasteiger partial charge in [-0.3, -0.25) is 0 Å². The second-order valence-electron chi connectivity index (χ2n) is 3.85. The first kappa shape index (κ1) is 6.41. The van der Waals surface area contributed by atoms with Crippen LogP contribution in [-0.4, -0.2) is 10.7 Å². The minimum Gasteiger partial charge on any atom is -0.390 e. The van der Waals surface area contributed by atoms with Gasteiger partial charge in [0.15, 0.2) is 0 Å². The van der Waals surface area contributed by atoms with Crippen molar-refractivity contribution < 1.29 is 5.11 Å². The average Bonchev–Trinajstić information content (AvgIpc) is 2.03. The van der Waals surface area contributed by atoms with E-state index in [0.29, 0.717) is 5.92 Å². The summed E-state index contributed by atoms with van der Waals surface area (Å²) >= 11 is 0. The normalized spacial score (nSPS) is 46.1. The molecule has 0 aromatic carbocycles. The van der Waals surface area contributed by atoms with Crippen LogP contribution in [0.5, 0.6) is 0 Å². The molecule has 1 N–H and O–H groups in total. The van der Waals surface area contributed by atoms with Gasteiger partial charge in [-0.2, -0.15) is 0 Å². The molecule has 2 atom stereocenters. The maximum absolute atomic E-state index is 9.83. The van der Waals surface area contributed by atoms with E-state index < -0.39 is 0 Å². The molecule has 0 unspecified atom stereocenters. The molecule has 10 heavy (non-hydrogen) atoms. The highest BCUT2D eigenvalue weighted by Gasteiger charge is 2.42. The van der Waals surface area contributed by atoms with Crippen molar-refractivity contribution in [2.75, 3.05) is 0 Å². The summed E-state index contributed by atoms with van der Waals surface area (Å²) in [4.78, 5) is 0. The fourth-order valence-electron chi connectivity index (χ4n) is 2.42. The topological polar surface area (TPSA) is 20.2 Å². The Morgan fingerprint density at radius 2 is 2.40 bits per heavy atom. The Bertz CT molecular complexity index is 174. The fraction of sp³-hybridized carbons (Fsp3) is 0.778. The average molecular weight is 138 g/mol. The molecular weight excluding hydrogens is 124 g/mol. The monoisotopic (exact) mass is 138 g/mol. The van der Waals surface area contributed by atoms with E-state index in [1.807, 2.05) is 0 Å². The molecule has 0 heterocycles. The Morgan fingerprint density at radius 1 is 1.60 bits per heavy atom. The van der Waals surface area contributed by atoms with E-state index in [0.717, 1.165) is 19.3 Å². The predicted molar refractivity (Wildman–Crippen MR) is 40.7 cm³/mol. The lowest BCUT2D eigenvalue weighted by atomic mass is 9.86. The van der Waals surface area contributed by atoms with Gasteiger partial charge in [-0.25, -0.2) is 0 Å². The molecule has 2 aliphatic rings. The van der Waals surface area contributed by atoms with Gasteiger partial charge in [-0.1, -0.05) is 12.2 Å². The lowest BCUT2D eigenvalue weighted by Gasteiger charge is -2.26. The Morgan fingerprint density at radius 3 is 3.00 bits per heavy atom. The summed E-state index contributed by atoms with van der Waals surface area (Å²) in [6.07, 6.45) is 5.33. The van der Waals surface area contributed by atoms with Gasteiger partial charge in [0.1, 0.15) is 0 Å². The van der Waals surface area contributed by atoms with Crippen molar-refractivity contribution in [2.24, 2.45) is 5.92 Å². The zero-order chi connectivity index (χ0) is 7.19. The van der Waals surface area contributed by atoms with Crippen LogP contribution in [0.1, 0.15) is 32.1 Å². The van der Waals surface area contributed by atoms with Crippen LogP contribution >= 0.6 is 0 Å². The smallest absolute Gasteiger partial charge is 0.0690 e. The van der Waals surface area contributed by atoms with Crippen LogP contribution in [0, 0.1) is 5.92 Å². The number of rotatable bonds is 0. The highest BCUT2D eigenvalue weighted by atomic mass is 16.3. The molecule has 1 heteroatoms. The van der Waals surface area contributed by atoms with Gasteiger partial charge in [-0.15, -0.1) is 0 Å². The quantitative estimate of drug-likeness (QED) is 0.507. The van der Waals surface area contributed by atoms with E-state index in [4.69, 9.17) is 0 Å². The second-order valence-corrected chi connectivity index (χ2v) is 3.85. The third-order valence-corrected chi connectivity index (χ3v) is 2.95. The van der Waals surface area contributed by atoms with Crippen molar-refractivity contribution in [3.63, 3.8) is 0 Å². The number of fused-ring (bicyclic) bond motifs is 2. The molecule has 0 amide bonds. The fourth-order valence-corrected chi connectivity index (χ4v) is 2.42. The largest absolute Gasteiger partial charge is 0.390 e. The van der Waals surface area contributed by atoms with Gasteiger partial charge >= 0.3 is 0 Å². The summed E-state index contributed by atoms with van der Waals surface area (Å²) in [7, 11) is 0. The van der Waals surface area contributed by atoms with Gasteiger partial charge in [0.05, 0.1) is 5.60 Å². The van der Waals surface area contributed by atoms with Crippen LogP contribution in [0.4, 0.5) is 0 Å². The number of aliphatic hydroxyl groups is 1. The van der Waals surface area contributed by atoms with Crippen molar-refractivity contribution in [3.05, 3.63) is 12.2 Å². The van der Waals surface area contributed by atoms with Gasteiger partial charge < -0.3 is 5.11 Å². The van der Waals surface area contributed by atoms with E-state index in [-0.39, 0.29) is 5.60 Å². The number of hydrogen-bond acceptors (Lipinski definition) is 1. The van der Waals surface area contributed by atoms with E-state index >= 15 is 0 Å². The zero-order valence-corrected chi connectivity index (χ0v) is 6.27. The number of hydrogen-bond donors (Lipinski definition) is 1. The maximum atomic E-state index is 9.83. The van der Waals surface area contributed by atoms with Gasteiger partial charge in [0, 0.05) is 0 Å². The van der Waals surface area contributed by atoms with Crippen molar-refractivity contribution in [1.29, 1.82) is 0 Å². The molecule has 2 aliphatic carbocycles. The first-order valence-corrected chi connectivity index (χ1v) is 4.10. The van der Waals surface area contributed by atoms with Crippen molar-refractivity contribution in [1.82, 2.24) is 0 Å². The Labute approximate surface area is 61.8 Å². The Kier molecular flexibility index (Phi) is 1.19. The minimum atomic E-state index is -0.333. The standard InChI is InChI=1S/C9H14O/c1-7-5-9(10)4-2-3-8(7)6-9/h8,10H,1-6H2/t8-,9-/m0/s1. The Hall–Kier alpha value is -0.300. The molecule has 1 nitrogen and oxygen atoms in total. The van der Waals surface area contributed by atoms with Crippen LogP contribution in [0.2, 0.25) is 0 Å². The summed E-state index contributed by atoms with van der Waals surface area (Å²) < 4.78 is 0. The van der Waals surface area contributed by atoms with Gasteiger partial charge in [0.25, 0.3) is 0 Å². The van der Waals surface area contributed by atoms with E-state index in [1.165, 1.54) is 18.4 Å². The third kappa shape index (κ3) is 0.807. The molecular formula is C9H14O. The van der Waals surface area contributed by atoms with Crippen molar-refractivity contribution >= 4 is 0 Å². The first-order valence-electron chi connectivity index (χ1n) is 4.10. The SMILES string of the molecule is C=C1C[C@@]2(O)CCC[C@H]1C2. The molecule has 0 saturated heterocycles. The molecule has 56 valence electrons. The van der Waals surface area contributed by atoms with Crippen LogP contribution in [0.25, 0.3) is 0 Å². The third-order valence-electron chi connectivity index (χ3n) is 2.95. The van der Waals surface area contributed by atoms with Gasteiger partial charge in [0.2, 0.25) is 0 Å². The molecule has 0 aliphatic heterocycles. The minimum absolute atomic E-state index is 0.333. The highest BCUT2D eigenvalue weighted by molar-refractivity contribution is 5.16. The van der Waals surface area contributed by atoms with E-state index in [9.17, 15) is 5.11 Å². The summed E-state index contributed by atoms with van der Waals surface area (Å²) in [6.45, 7) is 3.98. The summed E-state index contributed by atoms with van der Waals surface area (Å²) in [5.41, 5.74) is 0.958. The Balaban J connectivity index is 2.23. The predicted octanol–water partition coefficient (Wildman–Crippen LogP) is 1.87. The molecule has 2 rings (SSSR count). The molecule has 0 spiro atoms. The summed E-state index contributed by atoms with van der Waals surface area (Å²) in [5.74, 6) is 0.652. The van der Waals surface area contributed by atoms with Crippen LogP contribution in [-0.2, 0) is 0 Å². The molecule has 2 fully saturated rings. The lowest BCUT2D eigenvalue weighted by molar-refractivity contribution is 0.0198.